The number of aromatic nitrogens is 4. The van der Waals surface area contributed by atoms with Crippen molar-refractivity contribution < 1.29 is 18.9 Å². The lowest BCUT2D eigenvalue weighted by Gasteiger charge is -2.25. The first kappa shape index (κ1) is 53.0. The summed E-state index contributed by atoms with van der Waals surface area (Å²) in [6, 6.07) is 56.2. The highest BCUT2D eigenvalue weighted by molar-refractivity contribution is 6.45. The van der Waals surface area contributed by atoms with Gasteiger partial charge in [0.2, 0.25) is 0 Å². The Bertz CT molecular complexity index is 5300. The van der Waals surface area contributed by atoms with E-state index in [4.69, 9.17) is 28.9 Å². The van der Waals surface area contributed by atoms with Crippen molar-refractivity contribution in [2.24, 2.45) is 11.8 Å². The molecule has 86 heavy (non-hydrogen) atoms. The Hall–Kier alpha value is -9.80. The highest BCUT2D eigenvalue weighted by Crippen LogP contribution is 2.58. The summed E-state index contributed by atoms with van der Waals surface area (Å²) in [6.07, 6.45) is 1.80. The monoisotopic (exact) mass is 1130 g/mol. The lowest BCUT2D eigenvalue weighted by atomic mass is 9.84. The Labute approximate surface area is 496 Å². The molecule has 4 aromatic heterocycles. The maximum Gasteiger partial charge on any atom is 0.264 e. The number of imidazole rings is 2. The molecule has 0 N–H and O–H groups in total. The summed E-state index contributed by atoms with van der Waals surface area (Å²) >= 11 is 0. The average Bonchev–Trinajstić information content (AvgIpc) is 0.927. The SMILES string of the molecule is CC(C)Cc1ccc(Oc2cc3c(=O)n4c5ccccc5nc4c4cc(Oc5ccc(CC(C)C)cc5)c5c6c(Oc7ccc(C(C)(C)C)cc7)cc7c8c(cc(Oc9ccc(C(C)(C)C)cc9)c(c2c5c34)c68)c(=O)n2c3ccccc3nc72)cc1. The van der Waals surface area contributed by atoms with Gasteiger partial charge in [-0.2, -0.15) is 0 Å². The van der Waals surface area contributed by atoms with E-state index >= 15 is 9.59 Å². The van der Waals surface area contributed by atoms with Gasteiger partial charge in [-0.3, -0.25) is 18.4 Å². The Morgan fingerprint density at radius 2 is 0.674 bits per heavy atom. The van der Waals surface area contributed by atoms with Crippen LogP contribution in [0.25, 0.3) is 98.0 Å². The van der Waals surface area contributed by atoms with Crippen LogP contribution in [0.1, 0.15) is 91.5 Å². The van der Waals surface area contributed by atoms with Crippen molar-refractivity contribution in [1.82, 2.24) is 18.8 Å². The third kappa shape index (κ3) is 8.51. The molecular weight excluding hydrogens is 1060 g/mol. The molecule has 10 heteroatoms. The first-order valence-corrected chi connectivity index (χ1v) is 29.9. The smallest absolute Gasteiger partial charge is 0.264 e. The van der Waals surface area contributed by atoms with E-state index in [2.05, 4.69) is 118 Å². The molecule has 0 aliphatic rings. The number of rotatable bonds is 12. The van der Waals surface area contributed by atoms with Crippen LogP contribution in [-0.2, 0) is 23.7 Å². The second-order valence-corrected chi connectivity index (χ2v) is 26.3. The van der Waals surface area contributed by atoms with E-state index in [9.17, 15) is 0 Å². The van der Waals surface area contributed by atoms with Crippen molar-refractivity contribution in [2.75, 3.05) is 0 Å². The Kier molecular flexibility index (Phi) is 11.9. The summed E-state index contributed by atoms with van der Waals surface area (Å²) in [5.41, 5.74) is 7.59. The van der Waals surface area contributed by atoms with Crippen molar-refractivity contribution in [1.29, 1.82) is 0 Å². The van der Waals surface area contributed by atoms with Gasteiger partial charge >= 0.3 is 0 Å². The zero-order chi connectivity index (χ0) is 59.2. The molecule has 15 rings (SSSR count). The molecule has 4 heterocycles. The topological polar surface area (TPSA) is 106 Å². The van der Waals surface area contributed by atoms with Gasteiger partial charge in [0.05, 0.1) is 32.8 Å². The second-order valence-electron chi connectivity index (χ2n) is 26.3. The second kappa shape index (κ2) is 19.4. The van der Waals surface area contributed by atoms with Crippen LogP contribution in [0, 0.1) is 11.8 Å². The minimum Gasteiger partial charge on any atom is -0.457 e. The van der Waals surface area contributed by atoms with Gasteiger partial charge < -0.3 is 18.9 Å². The fourth-order valence-corrected chi connectivity index (χ4v) is 13.1. The lowest BCUT2D eigenvalue weighted by molar-refractivity contribution is 0.482. The van der Waals surface area contributed by atoms with Gasteiger partial charge in [-0.05, 0) is 155 Å². The number of fused-ring (bicyclic) bond motifs is 10. The molecule has 0 atom stereocenters. The van der Waals surface area contributed by atoms with Crippen LogP contribution < -0.4 is 30.1 Å². The van der Waals surface area contributed by atoms with E-state index in [0.717, 1.165) is 24.0 Å². The molecule has 11 aromatic carbocycles. The predicted molar refractivity (Wildman–Crippen MR) is 351 cm³/mol. The molecule has 0 saturated heterocycles. The molecule has 0 amide bonds. The number of ether oxygens (including phenoxy) is 4. The van der Waals surface area contributed by atoms with Crippen LogP contribution >= 0.6 is 0 Å². The van der Waals surface area contributed by atoms with Gasteiger partial charge in [0.25, 0.3) is 11.1 Å². The summed E-state index contributed by atoms with van der Waals surface area (Å²) in [5, 5.41) is 7.49. The number of nitrogens with zero attached hydrogens (tertiary/aromatic N) is 4. The number of benzene rings is 11. The van der Waals surface area contributed by atoms with Crippen molar-refractivity contribution in [3.63, 3.8) is 0 Å². The molecule has 0 unspecified atom stereocenters. The average molecular weight is 1130 g/mol. The molecule has 0 spiro atoms. The molecule has 0 radical (unpaired) electrons. The molecule has 0 bridgehead atoms. The molecule has 0 aliphatic carbocycles. The summed E-state index contributed by atoms with van der Waals surface area (Å²) in [7, 11) is 0. The third-order valence-corrected chi connectivity index (χ3v) is 17.1. The van der Waals surface area contributed by atoms with Gasteiger partial charge in [-0.15, -0.1) is 0 Å². The van der Waals surface area contributed by atoms with Crippen LogP contribution in [0.5, 0.6) is 46.0 Å². The first-order chi connectivity index (χ1) is 41.3. The molecule has 15 aromatic rings. The van der Waals surface area contributed by atoms with Gasteiger partial charge in [-0.25, -0.2) is 9.97 Å². The standard InChI is InChI=1S/C76H64N4O6/c1-41(2)35-43-19-27-47(28-20-43)83-59-37-51-63-53(73(81)79-57-17-13-11-15-55(57)77-71(51)79)39-61(84-48-29-21-44(22-30-48)36-42(3)4)67-68-62(86-50-33-25-46(26-34-50)76(8,9)10)40-54-64-52(72-78-56-16-12-14-18-58(56)80(72)74(54)82)38-60(66(70(64)68)65(59)69(63)67)85-49-31-23-45(24-32-49)75(5,6)7/h11-34,37-42H,35-36H2,1-10H3. The van der Waals surface area contributed by atoms with E-state index < -0.39 is 0 Å². The van der Waals surface area contributed by atoms with E-state index in [0.29, 0.717) is 156 Å². The van der Waals surface area contributed by atoms with E-state index in [1.807, 2.05) is 121 Å². The van der Waals surface area contributed by atoms with Crippen LogP contribution in [0.4, 0.5) is 0 Å². The van der Waals surface area contributed by atoms with Crippen molar-refractivity contribution >= 4 is 98.0 Å². The largest absolute Gasteiger partial charge is 0.457 e. The Morgan fingerprint density at radius 1 is 0.372 bits per heavy atom. The zero-order valence-electron chi connectivity index (χ0n) is 50.0. The Morgan fingerprint density at radius 3 is 0.988 bits per heavy atom. The molecule has 0 aliphatic heterocycles. The number of pyridine rings is 2. The third-order valence-electron chi connectivity index (χ3n) is 17.1. The summed E-state index contributed by atoms with van der Waals surface area (Å²) in [5.74, 6) is 5.01. The van der Waals surface area contributed by atoms with E-state index in [1.165, 1.54) is 11.1 Å². The van der Waals surface area contributed by atoms with Crippen molar-refractivity contribution in [2.45, 2.75) is 92.9 Å². The zero-order valence-corrected chi connectivity index (χ0v) is 50.0. The summed E-state index contributed by atoms with van der Waals surface area (Å²) in [6.45, 7) is 22.0. The van der Waals surface area contributed by atoms with E-state index in [1.54, 1.807) is 8.80 Å². The quantitative estimate of drug-likeness (QED) is 0.0880. The first-order valence-electron chi connectivity index (χ1n) is 29.9. The molecular formula is C76H64N4O6. The van der Waals surface area contributed by atoms with E-state index in [-0.39, 0.29) is 21.9 Å². The summed E-state index contributed by atoms with van der Waals surface area (Å²) in [4.78, 5) is 42.3. The highest BCUT2D eigenvalue weighted by atomic mass is 16.5. The fraction of sp³-hybridized carbons (Fsp3) is 0.211. The normalized spacial score (nSPS) is 12.7. The minimum atomic E-state index is -0.255. The van der Waals surface area contributed by atoms with Crippen LogP contribution in [0.3, 0.4) is 0 Å². The van der Waals surface area contributed by atoms with Crippen molar-refractivity contribution in [3.05, 3.63) is 213 Å². The van der Waals surface area contributed by atoms with Gasteiger partial charge in [0.15, 0.2) is 0 Å². The van der Waals surface area contributed by atoms with Crippen LogP contribution in [0.2, 0.25) is 0 Å². The molecule has 0 fully saturated rings. The van der Waals surface area contributed by atoms with Crippen LogP contribution in [-0.4, -0.2) is 18.8 Å². The van der Waals surface area contributed by atoms with Crippen LogP contribution in [0.15, 0.2) is 179 Å². The Balaban J connectivity index is 1.18. The molecule has 424 valence electrons. The fourth-order valence-electron chi connectivity index (χ4n) is 13.1. The van der Waals surface area contributed by atoms with Gasteiger partial charge in [0, 0.05) is 53.9 Å². The van der Waals surface area contributed by atoms with Gasteiger partial charge in [-0.1, -0.05) is 142 Å². The number of para-hydroxylation sites is 4. The summed E-state index contributed by atoms with van der Waals surface area (Å²) < 4.78 is 33.1. The number of hydrogen-bond acceptors (Lipinski definition) is 8. The minimum absolute atomic E-state index is 0.120. The number of hydrogen-bond donors (Lipinski definition) is 0. The van der Waals surface area contributed by atoms with Gasteiger partial charge in [0.1, 0.15) is 57.3 Å². The molecule has 0 saturated carbocycles. The molecule has 10 nitrogen and oxygen atoms in total. The lowest BCUT2D eigenvalue weighted by Crippen LogP contribution is -2.15. The maximum absolute atomic E-state index is 15.9. The maximum atomic E-state index is 15.9. The van der Waals surface area contributed by atoms with Crippen molar-refractivity contribution in [3.8, 4) is 46.0 Å². The highest BCUT2D eigenvalue weighted by Gasteiger charge is 2.33. The predicted octanol–water partition coefficient (Wildman–Crippen LogP) is 19.4.